The van der Waals surface area contributed by atoms with Gasteiger partial charge in [-0.15, -0.1) is 0 Å². The molecule has 0 aliphatic carbocycles. The Labute approximate surface area is 106 Å². The summed E-state index contributed by atoms with van der Waals surface area (Å²) in [4.78, 5) is 22.5. The molecule has 2 aliphatic rings. The first-order chi connectivity index (χ1) is 8.33. The molecule has 1 fully saturated rings. The maximum absolute atomic E-state index is 11.3. The fourth-order valence-corrected chi connectivity index (χ4v) is 2.94. The first-order valence-electron chi connectivity index (χ1n) is 6.14. The Morgan fingerprint density at radius 2 is 2.17 bits per heavy atom. The Balaban J connectivity index is 2.27. The summed E-state index contributed by atoms with van der Waals surface area (Å²) in [7, 11) is 0. The molecule has 2 aliphatic heterocycles. The average molecular weight is 253 g/mol. The zero-order valence-corrected chi connectivity index (χ0v) is 10.9. The second-order valence-electron chi connectivity index (χ2n) is 5.66. The highest BCUT2D eigenvalue weighted by atomic mass is 16.4. The first kappa shape index (κ1) is 13.0. The van der Waals surface area contributed by atoms with Crippen molar-refractivity contribution in [3.63, 3.8) is 0 Å². The van der Waals surface area contributed by atoms with Crippen LogP contribution in [0.3, 0.4) is 0 Å². The highest BCUT2D eigenvalue weighted by Crippen LogP contribution is 2.33. The molecule has 0 saturated carbocycles. The van der Waals surface area contributed by atoms with Gasteiger partial charge in [-0.25, -0.2) is 4.79 Å². The zero-order chi connectivity index (χ0) is 13.5. The average Bonchev–Trinajstić information content (AvgIpc) is 2.72. The van der Waals surface area contributed by atoms with Gasteiger partial charge < -0.3 is 10.4 Å². The molecule has 100 valence electrons. The van der Waals surface area contributed by atoms with Gasteiger partial charge in [-0.1, -0.05) is 0 Å². The summed E-state index contributed by atoms with van der Waals surface area (Å²) in [5.74, 6) is -0.954. The maximum Gasteiger partial charge on any atom is 0.352 e. The number of aliphatic carboxylic acids is 1. The van der Waals surface area contributed by atoms with Crippen LogP contribution in [0.4, 0.5) is 0 Å². The second kappa shape index (κ2) is 4.35. The van der Waals surface area contributed by atoms with Crippen LogP contribution in [0.25, 0.3) is 0 Å². The van der Waals surface area contributed by atoms with E-state index in [0.717, 1.165) is 0 Å². The van der Waals surface area contributed by atoms with Crippen molar-refractivity contribution < 1.29 is 14.7 Å². The highest BCUT2D eigenvalue weighted by molar-refractivity contribution is 6.37. The van der Waals surface area contributed by atoms with Crippen LogP contribution < -0.4 is 5.32 Å². The van der Waals surface area contributed by atoms with Gasteiger partial charge in [-0.2, -0.15) is 5.10 Å². The van der Waals surface area contributed by atoms with Gasteiger partial charge in [0.1, 0.15) is 5.78 Å². The predicted molar refractivity (Wildman–Crippen MR) is 66.4 cm³/mol. The van der Waals surface area contributed by atoms with Crippen LogP contribution in [0.2, 0.25) is 0 Å². The Morgan fingerprint density at radius 1 is 1.50 bits per heavy atom. The molecule has 2 rings (SSSR count). The van der Waals surface area contributed by atoms with Gasteiger partial charge in [0.25, 0.3) is 0 Å². The van der Waals surface area contributed by atoms with E-state index in [4.69, 9.17) is 0 Å². The van der Waals surface area contributed by atoms with Gasteiger partial charge >= 0.3 is 5.97 Å². The lowest BCUT2D eigenvalue weighted by atomic mass is 9.92. The third-order valence-corrected chi connectivity index (χ3v) is 3.58. The van der Waals surface area contributed by atoms with Crippen molar-refractivity contribution in [3.8, 4) is 0 Å². The number of carboxylic acid groups (broad SMARTS) is 1. The van der Waals surface area contributed by atoms with E-state index in [-0.39, 0.29) is 23.5 Å². The molecule has 0 radical (unpaired) electrons. The monoisotopic (exact) mass is 253 g/mol. The first-order valence-corrected chi connectivity index (χ1v) is 6.14. The summed E-state index contributed by atoms with van der Waals surface area (Å²) in [6.07, 6.45) is 0.368. The molecular formula is C12H19N3O3. The molecule has 2 atom stereocenters. The van der Waals surface area contributed by atoms with Crippen LogP contribution in [0.1, 0.15) is 27.2 Å². The Hall–Kier alpha value is -1.43. The number of carbonyl (C=O) groups is 2. The minimum Gasteiger partial charge on any atom is -0.477 e. The third-order valence-electron chi connectivity index (χ3n) is 3.58. The van der Waals surface area contributed by atoms with E-state index in [1.807, 2.05) is 18.9 Å². The van der Waals surface area contributed by atoms with E-state index in [9.17, 15) is 14.7 Å². The number of Topliss-reactive ketones (excluding diaryl/α,β-unsaturated/α-hetero) is 1. The maximum atomic E-state index is 11.3. The predicted octanol–water partition coefficient (Wildman–Crippen LogP) is 0.0883. The third kappa shape index (κ3) is 2.12. The lowest BCUT2D eigenvalue weighted by Crippen LogP contribution is -2.48. The molecule has 0 bridgehead atoms. The van der Waals surface area contributed by atoms with Crippen LogP contribution in [-0.2, 0) is 9.59 Å². The number of rotatable bonds is 4. The van der Waals surface area contributed by atoms with Crippen molar-refractivity contribution in [2.45, 2.75) is 38.8 Å². The molecule has 0 aromatic heterocycles. The lowest BCUT2D eigenvalue weighted by Gasteiger charge is -2.37. The van der Waals surface area contributed by atoms with Crippen molar-refractivity contribution in [1.82, 2.24) is 10.3 Å². The fourth-order valence-electron chi connectivity index (χ4n) is 2.94. The van der Waals surface area contributed by atoms with Crippen molar-refractivity contribution in [2.24, 2.45) is 11.0 Å². The van der Waals surface area contributed by atoms with Crippen molar-refractivity contribution in [2.75, 3.05) is 13.1 Å². The number of nitrogens with one attached hydrogen (secondary N) is 1. The number of ketones is 1. The number of hydrazone groups is 1. The number of nitrogens with zero attached hydrogens (tertiary/aromatic N) is 2. The molecule has 0 amide bonds. The molecule has 6 heteroatoms. The molecule has 6 nitrogen and oxygen atoms in total. The molecule has 0 spiro atoms. The molecule has 0 aromatic carbocycles. The van der Waals surface area contributed by atoms with Crippen molar-refractivity contribution >= 4 is 17.5 Å². The quantitative estimate of drug-likeness (QED) is 0.742. The summed E-state index contributed by atoms with van der Waals surface area (Å²) in [6, 6.07) is 0.0467. The smallest absolute Gasteiger partial charge is 0.352 e. The molecule has 18 heavy (non-hydrogen) atoms. The summed E-state index contributed by atoms with van der Waals surface area (Å²) < 4.78 is 0. The molecule has 2 heterocycles. The van der Waals surface area contributed by atoms with Gasteiger partial charge in [0, 0.05) is 25.4 Å². The Kier molecular flexibility index (Phi) is 3.14. The van der Waals surface area contributed by atoms with Gasteiger partial charge in [0.2, 0.25) is 0 Å². The van der Waals surface area contributed by atoms with Crippen LogP contribution >= 0.6 is 0 Å². The van der Waals surface area contributed by atoms with Crippen molar-refractivity contribution in [1.29, 1.82) is 0 Å². The van der Waals surface area contributed by atoms with Crippen molar-refractivity contribution in [3.05, 3.63) is 0 Å². The van der Waals surface area contributed by atoms with E-state index in [2.05, 4.69) is 10.4 Å². The Morgan fingerprint density at radius 3 is 2.72 bits per heavy atom. The second-order valence-corrected chi connectivity index (χ2v) is 5.66. The van der Waals surface area contributed by atoms with Gasteiger partial charge in [0.05, 0.1) is 11.6 Å². The summed E-state index contributed by atoms with van der Waals surface area (Å²) in [5.41, 5.74) is -0.237. The number of carboxylic acids is 1. The van der Waals surface area contributed by atoms with Gasteiger partial charge in [0.15, 0.2) is 5.71 Å². The van der Waals surface area contributed by atoms with Crippen LogP contribution in [0.5, 0.6) is 0 Å². The Bertz CT molecular complexity index is 417. The SMILES string of the molecule is CC(=O)CC(C)(C)N1N=C(C(=O)O)C2CNCC21. The number of fused-ring (bicyclic) bond motifs is 1. The van der Waals surface area contributed by atoms with Gasteiger partial charge in [-0.05, 0) is 20.8 Å². The van der Waals surface area contributed by atoms with E-state index >= 15 is 0 Å². The van der Waals surface area contributed by atoms with Gasteiger partial charge in [-0.3, -0.25) is 9.80 Å². The number of hydrogen-bond donors (Lipinski definition) is 2. The number of carbonyl (C=O) groups excluding carboxylic acids is 1. The van der Waals surface area contributed by atoms with Crippen LogP contribution in [0, 0.1) is 5.92 Å². The highest BCUT2D eigenvalue weighted by Gasteiger charge is 2.48. The summed E-state index contributed by atoms with van der Waals surface area (Å²) in [6.45, 7) is 6.76. The molecule has 1 saturated heterocycles. The van der Waals surface area contributed by atoms with E-state index in [0.29, 0.717) is 19.5 Å². The molecule has 2 N–H and O–H groups in total. The largest absolute Gasteiger partial charge is 0.477 e. The van der Waals surface area contributed by atoms with E-state index < -0.39 is 11.5 Å². The zero-order valence-electron chi connectivity index (χ0n) is 10.9. The number of hydrogen-bond acceptors (Lipinski definition) is 5. The van der Waals surface area contributed by atoms with Crippen LogP contribution in [0.15, 0.2) is 5.10 Å². The molecule has 2 unspecified atom stereocenters. The minimum atomic E-state index is -0.963. The summed E-state index contributed by atoms with van der Waals surface area (Å²) in [5, 5.41) is 18.4. The normalized spacial score (nSPS) is 27.1. The minimum absolute atomic E-state index is 0.0467. The van der Waals surface area contributed by atoms with E-state index in [1.54, 1.807) is 6.92 Å². The topological polar surface area (TPSA) is 82.0 Å². The molecular weight excluding hydrogens is 234 g/mol. The lowest BCUT2D eigenvalue weighted by molar-refractivity contribution is -0.129. The van der Waals surface area contributed by atoms with E-state index in [1.165, 1.54) is 0 Å². The standard InChI is InChI=1S/C12H19N3O3/c1-7(16)4-12(2,3)15-9-6-13-5-8(9)10(14-15)11(17)18/h8-9,13H,4-6H2,1-3H3,(H,17,18). The summed E-state index contributed by atoms with van der Waals surface area (Å²) >= 11 is 0. The molecule has 0 aromatic rings. The van der Waals surface area contributed by atoms with Crippen LogP contribution in [-0.4, -0.2) is 52.2 Å². The fraction of sp³-hybridized carbons (Fsp3) is 0.750.